The van der Waals surface area contributed by atoms with E-state index in [4.69, 9.17) is 22.1 Å². The number of thiazole rings is 1. The van der Waals surface area contributed by atoms with Crippen LogP contribution >= 0.6 is 22.9 Å². The summed E-state index contributed by atoms with van der Waals surface area (Å²) in [6.07, 6.45) is 0. The second-order valence-corrected chi connectivity index (χ2v) is 5.04. The molecule has 0 bridgehead atoms. The Hall–Kier alpha value is -1.10. The zero-order valence-corrected chi connectivity index (χ0v) is 11.0. The minimum Gasteiger partial charge on any atom is -0.487 e. The van der Waals surface area contributed by atoms with E-state index in [0.717, 1.165) is 22.0 Å². The summed E-state index contributed by atoms with van der Waals surface area (Å²) in [5.41, 5.74) is 7.41. The zero-order valence-electron chi connectivity index (χ0n) is 9.44. The van der Waals surface area contributed by atoms with Crippen molar-refractivity contribution in [2.24, 2.45) is 5.73 Å². The summed E-state index contributed by atoms with van der Waals surface area (Å²) in [6, 6.07) is 5.53. The topological polar surface area (TPSA) is 48.1 Å². The Morgan fingerprint density at radius 3 is 2.94 bits per heavy atom. The average molecular weight is 269 g/mol. The lowest BCUT2D eigenvalue weighted by Gasteiger charge is -2.10. The molecule has 0 saturated heterocycles. The van der Waals surface area contributed by atoms with Gasteiger partial charge < -0.3 is 10.5 Å². The molecular formula is C12H13ClN2OS. The smallest absolute Gasteiger partial charge is 0.131 e. The van der Waals surface area contributed by atoms with E-state index in [-0.39, 0.29) is 0 Å². The molecule has 0 fully saturated rings. The summed E-state index contributed by atoms with van der Waals surface area (Å²) >= 11 is 7.65. The van der Waals surface area contributed by atoms with E-state index in [1.165, 1.54) is 0 Å². The van der Waals surface area contributed by atoms with Crippen molar-refractivity contribution in [1.82, 2.24) is 4.98 Å². The second kappa shape index (κ2) is 5.49. The molecule has 0 aliphatic rings. The van der Waals surface area contributed by atoms with Gasteiger partial charge in [-0.25, -0.2) is 4.98 Å². The van der Waals surface area contributed by atoms with Gasteiger partial charge in [-0.2, -0.15) is 0 Å². The Labute approximate surface area is 109 Å². The van der Waals surface area contributed by atoms with Crippen LogP contribution < -0.4 is 10.5 Å². The first-order valence-electron chi connectivity index (χ1n) is 5.22. The van der Waals surface area contributed by atoms with Gasteiger partial charge in [-0.3, -0.25) is 0 Å². The number of hydrogen-bond acceptors (Lipinski definition) is 4. The number of ether oxygens (including phenoxy) is 1. The molecule has 1 aromatic carbocycles. The summed E-state index contributed by atoms with van der Waals surface area (Å²) in [7, 11) is 0. The molecule has 0 radical (unpaired) electrons. The quantitative estimate of drug-likeness (QED) is 0.927. The number of aryl methyl sites for hydroxylation is 1. The molecule has 0 unspecified atom stereocenters. The highest BCUT2D eigenvalue weighted by Gasteiger charge is 2.07. The van der Waals surface area contributed by atoms with E-state index in [2.05, 4.69) is 4.98 Å². The van der Waals surface area contributed by atoms with E-state index in [1.54, 1.807) is 11.3 Å². The molecule has 2 rings (SSSR count). The fourth-order valence-electron chi connectivity index (χ4n) is 1.50. The predicted octanol–water partition coefficient (Wildman–Crippen LogP) is 3.14. The SMILES string of the molecule is Cc1nc(COc2cccc(Cl)c2CN)cs1. The standard InChI is InChI=1S/C12H13ClN2OS/c1-8-15-9(7-17-8)6-16-12-4-2-3-11(13)10(12)5-14/h2-4,7H,5-6,14H2,1H3. The molecule has 0 saturated carbocycles. The summed E-state index contributed by atoms with van der Waals surface area (Å²) in [5.74, 6) is 0.727. The molecule has 0 spiro atoms. The van der Waals surface area contributed by atoms with Gasteiger partial charge >= 0.3 is 0 Å². The van der Waals surface area contributed by atoms with Gasteiger partial charge in [-0.15, -0.1) is 11.3 Å². The van der Waals surface area contributed by atoms with Crippen LogP contribution in [-0.4, -0.2) is 4.98 Å². The molecular weight excluding hydrogens is 256 g/mol. The monoisotopic (exact) mass is 268 g/mol. The van der Waals surface area contributed by atoms with Crippen LogP contribution in [0.2, 0.25) is 5.02 Å². The normalized spacial score (nSPS) is 10.5. The number of nitrogens with zero attached hydrogens (tertiary/aromatic N) is 1. The van der Waals surface area contributed by atoms with Crippen molar-refractivity contribution >= 4 is 22.9 Å². The van der Waals surface area contributed by atoms with Crippen molar-refractivity contribution in [3.63, 3.8) is 0 Å². The summed E-state index contributed by atoms with van der Waals surface area (Å²) < 4.78 is 5.69. The van der Waals surface area contributed by atoms with Gasteiger partial charge in [0.2, 0.25) is 0 Å². The number of halogens is 1. The van der Waals surface area contributed by atoms with Gasteiger partial charge in [-0.1, -0.05) is 17.7 Å². The molecule has 0 aliphatic carbocycles. The van der Waals surface area contributed by atoms with Crippen LogP contribution in [0.25, 0.3) is 0 Å². The lowest BCUT2D eigenvalue weighted by molar-refractivity contribution is 0.299. The lowest BCUT2D eigenvalue weighted by atomic mass is 10.2. The molecule has 0 atom stereocenters. The third kappa shape index (κ3) is 2.97. The Kier molecular flexibility index (Phi) is 3.99. The van der Waals surface area contributed by atoms with Crippen molar-refractivity contribution in [3.05, 3.63) is 44.9 Å². The summed E-state index contributed by atoms with van der Waals surface area (Å²) in [6.45, 7) is 2.78. The highest BCUT2D eigenvalue weighted by molar-refractivity contribution is 7.09. The fourth-order valence-corrected chi connectivity index (χ4v) is 2.34. The van der Waals surface area contributed by atoms with Crippen molar-refractivity contribution in [3.8, 4) is 5.75 Å². The van der Waals surface area contributed by atoms with Gasteiger partial charge in [0.15, 0.2) is 0 Å². The molecule has 1 aromatic heterocycles. The zero-order chi connectivity index (χ0) is 12.3. The first-order valence-corrected chi connectivity index (χ1v) is 6.47. The van der Waals surface area contributed by atoms with E-state index < -0.39 is 0 Å². The van der Waals surface area contributed by atoms with Crippen LogP contribution in [0.5, 0.6) is 5.75 Å². The number of nitrogens with two attached hydrogens (primary N) is 1. The Morgan fingerprint density at radius 2 is 2.29 bits per heavy atom. The summed E-state index contributed by atoms with van der Waals surface area (Å²) in [4.78, 5) is 4.33. The van der Waals surface area contributed by atoms with Gasteiger partial charge in [-0.05, 0) is 19.1 Å². The molecule has 90 valence electrons. The Morgan fingerprint density at radius 1 is 1.47 bits per heavy atom. The summed E-state index contributed by atoms with van der Waals surface area (Å²) in [5, 5.41) is 3.66. The van der Waals surface area contributed by atoms with Gasteiger partial charge in [0.05, 0.1) is 10.7 Å². The molecule has 2 aromatic rings. The molecule has 5 heteroatoms. The predicted molar refractivity (Wildman–Crippen MR) is 70.5 cm³/mol. The van der Waals surface area contributed by atoms with Crippen LogP contribution in [0.15, 0.2) is 23.6 Å². The molecule has 0 aliphatic heterocycles. The molecule has 17 heavy (non-hydrogen) atoms. The first kappa shape index (κ1) is 12.4. The first-order chi connectivity index (χ1) is 8.20. The van der Waals surface area contributed by atoms with E-state index >= 15 is 0 Å². The van der Waals surface area contributed by atoms with Gasteiger partial charge in [0, 0.05) is 22.5 Å². The average Bonchev–Trinajstić information content (AvgIpc) is 2.72. The van der Waals surface area contributed by atoms with Crippen molar-refractivity contribution in [1.29, 1.82) is 0 Å². The van der Waals surface area contributed by atoms with Crippen molar-refractivity contribution < 1.29 is 4.74 Å². The highest BCUT2D eigenvalue weighted by Crippen LogP contribution is 2.26. The Bertz CT molecular complexity index is 513. The largest absolute Gasteiger partial charge is 0.487 e. The lowest BCUT2D eigenvalue weighted by Crippen LogP contribution is -2.03. The minimum atomic E-state index is 0.366. The fraction of sp³-hybridized carbons (Fsp3) is 0.250. The molecule has 1 heterocycles. The second-order valence-electron chi connectivity index (χ2n) is 3.57. The number of benzene rings is 1. The molecule has 2 N–H and O–H groups in total. The van der Waals surface area contributed by atoms with Crippen LogP contribution in [-0.2, 0) is 13.2 Å². The highest BCUT2D eigenvalue weighted by atomic mass is 35.5. The third-order valence-corrected chi connectivity index (χ3v) is 3.50. The van der Waals surface area contributed by atoms with Gasteiger partial charge in [0.25, 0.3) is 0 Å². The van der Waals surface area contributed by atoms with Crippen LogP contribution in [0, 0.1) is 6.92 Å². The number of aromatic nitrogens is 1. The van der Waals surface area contributed by atoms with E-state index in [1.807, 2.05) is 30.5 Å². The van der Waals surface area contributed by atoms with E-state index in [0.29, 0.717) is 18.2 Å². The van der Waals surface area contributed by atoms with Crippen LogP contribution in [0.3, 0.4) is 0 Å². The third-order valence-electron chi connectivity index (χ3n) is 2.32. The van der Waals surface area contributed by atoms with Crippen molar-refractivity contribution in [2.45, 2.75) is 20.1 Å². The maximum Gasteiger partial charge on any atom is 0.131 e. The maximum atomic E-state index is 6.04. The van der Waals surface area contributed by atoms with Crippen LogP contribution in [0.4, 0.5) is 0 Å². The molecule has 3 nitrogen and oxygen atoms in total. The van der Waals surface area contributed by atoms with Crippen molar-refractivity contribution in [2.75, 3.05) is 0 Å². The number of hydrogen-bond donors (Lipinski definition) is 1. The van der Waals surface area contributed by atoms with E-state index in [9.17, 15) is 0 Å². The Balaban J connectivity index is 2.11. The number of rotatable bonds is 4. The molecule has 0 amide bonds. The maximum absolute atomic E-state index is 6.04. The minimum absolute atomic E-state index is 0.366. The van der Waals surface area contributed by atoms with Crippen LogP contribution in [0.1, 0.15) is 16.3 Å². The van der Waals surface area contributed by atoms with Gasteiger partial charge in [0.1, 0.15) is 12.4 Å².